The highest BCUT2D eigenvalue weighted by Crippen LogP contribution is 2.44. The van der Waals surface area contributed by atoms with Crippen LogP contribution in [0.4, 0.5) is 14.4 Å². The Bertz CT molecular complexity index is 1500. The molecule has 1 aliphatic carbocycles. The third kappa shape index (κ3) is 18.7. The first kappa shape index (κ1) is 49.1. The van der Waals surface area contributed by atoms with Crippen LogP contribution >= 0.6 is 0 Å². The van der Waals surface area contributed by atoms with Crippen LogP contribution in [-0.2, 0) is 19.0 Å². The lowest BCUT2D eigenvalue weighted by Gasteiger charge is -2.33. The van der Waals surface area contributed by atoms with E-state index in [4.69, 9.17) is 14.2 Å². The molecular formula is C48H76N4O7. The van der Waals surface area contributed by atoms with Crippen molar-refractivity contribution >= 4 is 24.2 Å². The maximum Gasteiger partial charge on any atom is 0.407 e. The number of unbranched alkanes of at least 4 members (excludes halogenated alkanes) is 11. The molecule has 1 aliphatic rings. The van der Waals surface area contributed by atoms with Crippen molar-refractivity contribution in [2.45, 2.75) is 168 Å². The van der Waals surface area contributed by atoms with Gasteiger partial charge in [0.1, 0.15) is 17.8 Å². The zero-order valence-corrected chi connectivity index (χ0v) is 37.4. The molecule has 0 heterocycles. The number of rotatable bonds is 26. The highest BCUT2D eigenvalue weighted by Gasteiger charge is 2.38. The van der Waals surface area contributed by atoms with Crippen LogP contribution in [0.1, 0.15) is 168 Å². The lowest BCUT2D eigenvalue weighted by Crippen LogP contribution is -2.49. The summed E-state index contributed by atoms with van der Waals surface area (Å²) in [4.78, 5) is 52.7. The molecule has 0 saturated carbocycles. The van der Waals surface area contributed by atoms with Crippen LogP contribution in [-0.4, -0.2) is 68.2 Å². The minimum Gasteiger partial charge on any atom is -0.449 e. The first-order valence-corrected chi connectivity index (χ1v) is 22.4. The molecule has 59 heavy (non-hydrogen) atoms. The predicted molar refractivity (Wildman–Crippen MR) is 237 cm³/mol. The number of amides is 4. The topological polar surface area (TPSA) is 144 Å². The molecule has 0 spiro atoms. The number of alkyl carbamates (subject to hydrolysis) is 3. The fourth-order valence-electron chi connectivity index (χ4n) is 7.72. The van der Waals surface area contributed by atoms with Crippen molar-refractivity contribution in [2.75, 3.05) is 32.8 Å². The van der Waals surface area contributed by atoms with Crippen molar-refractivity contribution in [3.8, 4) is 11.1 Å². The molecule has 0 bridgehead atoms. The zero-order valence-electron chi connectivity index (χ0n) is 37.4. The fraction of sp³-hybridized carbons (Fsp3) is 0.667. The second kappa shape index (κ2) is 25.4. The number of ether oxygens (including phenoxy) is 3. The highest BCUT2D eigenvalue weighted by atomic mass is 16.6. The summed E-state index contributed by atoms with van der Waals surface area (Å²) in [7, 11) is 0. The number of benzene rings is 2. The maximum atomic E-state index is 14.3. The number of carbonyl (C=O) groups excluding carboxylic acids is 4. The Balaban J connectivity index is 1.66. The molecule has 4 amide bonds. The SMILES string of the molecule is CCCCCCCCCCCCCCNC(=O)C(CCCNC(=O)OC(C)(C)C)(CCCNC(=O)OC(C)(C)C)CNC(=O)OCC1c2ccccc2-c2ccccc21. The van der Waals surface area contributed by atoms with Crippen molar-refractivity contribution in [1.29, 1.82) is 0 Å². The van der Waals surface area contributed by atoms with Gasteiger partial charge in [-0.2, -0.15) is 0 Å². The summed E-state index contributed by atoms with van der Waals surface area (Å²) < 4.78 is 16.7. The van der Waals surface area contributed by atoms with Crippen LogP contribution in [0, 0.1) is 5.41 Å². The summed E-state index contributed by atoms with van der Waals surface area (Å²) in [6.07, 6.45) is 14.7. The van der Waals surface area contributed by atoms with Gasteiger partial charge in [-0.05, 0) is 95.9 Å². The van der Waals surface area contributed by atoms with Gasteiger partial charge in [0.2, 0.25) is 5.91 Å². The molecule has 0 unspecified atom stereocenters. The average Bonchev–Trinajstić information content (AvgIpc) is 3.49. The molecule has 4 N–H and O–H groups in total. The van der Waals surface area contributed by atoms with Crippen LogP contribution in [0.2, 0.25) is 0 Å². The van der Waals surface area contributed by atoms with Crippen molar-refractivity contribution < 1.29 is 33.4 Å². The summed E-state index contributed by atoms with van der Waals surface area (Å²) in [5.41, 5.74) is 2.17. The quantitative estimate of drug-likeness (QED) is 0.0546. The molecule has 0 radical (unpaired) electrons. The van der Waals surface area contributed by atoms with E-state index in [9.17, 15) is 19.2 Å². The van der Waals surface area contributed by atoms with E-state index in [2.05, 4.69) is 52.5 Å². The van der Waals surface area contributed by atoms with E-state index >= 15 is 0 Å². The number of nitrogens with one attached hydrogen (secondary N) is 4. The highest BCUT2D eigenvalue weighted by molar-refractivity contribution is 5.84. The zero-order chi connectivity index (χ0) is 43.2. The van der Waals surface area contributed by atoms with Crippen LogP contribution in [0.25, 0.3) is 11.1 Å². The molecule has 2 aromatic carbocycles. The van der Waals surface area contributed by atoms with Gasteiger partial charge < -0.3 is 35.5 Å². The van der Waals surface area contributed by atoms with Gasteiger partial charge in [-0.3, -0.25) is 4.79 Å². The lowest BCUT2D eigenvalue weighted by molar-refractivity contribution is -0.131. The summed E-state index contributed by atoms with van der Waals surface area (Å²) in [5, 5.41) is 11.7. The smallest absolute Gasteiger partial charge is 0.407 e. The lowest BCUT2D eigenvalue weighted by atomic mass is 9.77. The molecule has 11 heteroatoms. The van der Waals surface area contributed by atoms with Crippen LogP contribution in [0.5, 0.6) is 0 Å². The van der Waals surface area contributed by atoms with E-state index in [-0.39, 0.29) is 38.1 Å². The van der Waals surface area contributed by atoms with E-state index in [1.807, 2.05) is 24.3 Å². The van der Waals surface area contributed by atoms with E-state index in [0.717, 1.165) is 41.5 Å². The van der Waals surface area contributed by atoms with Crippen molar-refractivity contribution in [3.05, 3.63) is 59.7 Å². The molecule has 0 aliphatic heterocycles. The number of fused-ring (bicyclic) bond motifs is 3. The van der Waals surface area contributed by atoms with Crippen LogP contribution < -0.4 is 21.3 Å². The van der Waals surface area contributed by atoms with Crippen LogP contribution in [0.3, 0.4) is 0 Å². The van der Waals surface area contributed by atoms with Gasteiger partial charge >= 0.3 is 18.3 Å². The Hall–Kier alpha value is -4.28. The summed E-state index contributed by atoms with van der Waals surface area (Å²) in [6, 6.07) is 16.4. The van der Waals surface area contributed by atoms with Gasteiger partial charge in [-0.1, -0.05) is 126 Å². The van der Waals surface area contributed by atoms with E-state index in [1.165, 1.54) is 57.8 Å². The molecule has 0 fully saturated rings. The summed E-state index contributed by atoms with van der Waals surface area (Å²) in [5.74, 6) is -0.274. The Morgan fingerprint density at radius 3 is 1.41 bits per heavy atom. The van der Waals surface area contributed by atoms with E-state index in [0.29, 0.717) is 32.2 Å². The maximum absolute atomic E-state index is 14.3. The molecule has 330 valence electrons. The first-order valence-electron chi connectivity index (χ1n) is 22.4. The van der Waals surface area contributed by atoms with Gasteiger partial charge in [0, 0.05) is 32.1 Å². The van der Waals surface area contributed by atoms with Gasteiger partial charge in [-0.25, -0.2) is 14.4 Å². The number of hydrogen-bond acceptors (Lipinski definition) is 7. The Morgan fingerprint density at radius 2 is 0.949 bits per heavy atom. The Labute approximate surface area is 355 Å². The fourth-order valence-corrected chi connectivity index (χ4v) is 7.72. The average molecular weight is 821 g/mol. The van der Waals surface area contributed by atoms with Crippen molar-refractivity contribution in [3.63, 3.8) is 0 Å². The standard InChI is InChI=1S/C48H76N4O7/c1-8-9-10-11-12-13-14-15-16-17-18-23-32-49-42(53)48(30-24-33-50-44(55)58-46(2,3)4,31-25-34-51-45(56)59-47(5,6)7)36-52-43(54)57-35-41-39-28-21-19-26-37(39)38-27-20-22-29-40(38)41/h19-22,26-29,41H,8-18,23-25,30-36H2,1-7H3,(H,49,53)(H,50,55)(H,51,56)(H,52,54). The largest absolute Gasteiger partial charge is 0.449 e. The van der Waals surface area contributed by atoms with Gasteiger partial charge in [0.25, 0.3) is 0 Å². The Morgan fingerprint density at radius 1 is 0.525 bits per heavy atom. The molecule has 0 saturated heterocycles. The molecule has 3 rings (SSSR count). The molecule has 0 atom stereocenters. The number of hydrogen-bond donors (Lipinski definition) is 4. The second-order valence-corrected chi connectivity index (χ2v) is 18.2. The minimum absolute atomic E-state index is 0.0207. The van der Waals surface area contributed by atoms with Crippen LogP contribution in [0.15, 0.2) is 48.5 Å². The van der Waals surface area contributed by atoms with Gasteiger partial charge in [-0.15, -0.1) is 0 Å². The second-order valence-electron chi connectivity index (χ2n) is 18.2. The third-order valence-electron chi connectivity index (χ3n) is 10.7. The van der Waals surface area contributed by atoms with E-state index < -0.39 is 34.9 Å². The molecule has 0 aromatic heterocycles. The van der Waals surface area contributed by atoms with E-state index in [1.54, 1.807) is 41.5 Å². The normalized spacial score (nSPS) is 12.6. The van der Waals surface area contributed by atoms with Crippen molar-refractivity contribution in [2.24, 2.45) is 5.41 Å². The minimum atomic E-state index is -1.05. The molecule has 2 aromatic rings. The van der Waals surface area contributed by atoms with Crippen molar-refractivity contribution in [1.82, 2.24) is 21.3 Å². The monoisotopic (exact) mass is 821 g/mol. The summed E-state index contributed by atoms with van der Waals surface area (Å²) >= 11 is 0. The van der Waals surface area contributed by atoms with Gasteiger partial charge in [0.15, 0.2) is 0 Å². The van der Waals surface area contributed by atoms with Gasteiger partial charge in [0.05, 0.1) is 5.41 Å². The molecular weight excluding hydrogens is 745 g/mol. The summed E-state index contributed by atoms with van der Waals surface area (Å²) in [6.45, 7) is 14.3. The number of carbonyl (C=O) groups is 4. The Kier molecular flexibility index (Phi) is 21.1. The predicted octanol–water partition coefficient (Wildman–Crippen LogP) is 10.9. The third-order valence-corrected chi connectivity index (χ3v) is 10.7. The first-order chi connectivity index (χ1) is 28.1. The molecule has 11 nitrogen and oxygen atoms in total.